The molecule has 1 fully saturated rings. The largest absolute Gasteiger partial charge is 0.476 e. The van der Waals surface area contributed by atoms with Crippen molar-refractivity contribution in [2.45, 2.75) is 31.8 Å². The molecule has 94 valence electrons. The SMILES string of the molecule is CC(CNc1scnc1C(=O)O)N(C)C1CC1. The van der Waals surface area contributed by atoms with Gasteiger partial charge >= 0.3 is 5.97 Å². The van der Waals surface area contributed by atoms with Crippen LogP contribution in [0.4, 0.5) is 5.00 Å². The zero-order chi connectivity index (χ0) is 12.4. The Bertz CT molecular complexity index is 403. The average molecular weight is 255 g/mol. The highest BCUT2D eigenvalue weighted by Gasteiger charge is 2.29. The number of carbonyl (C=O) groups is 1. The molecule has 0 bridgehead atoms. The number of anilines is 1. The van der Waals surface area contributed by atoms with Gasteiger partial charge in [0.1, 0.15) is 5.00 Å². The third kappa shape index (κ3) is 2.95. The summed E-state index contributed by atoms with van der Waals surface area (Å²) >= 11 is 1.33. The Morgan fingerprint density at radius 1 is 1.76 bits per heavy atom. The summed E-state index contributed by atoms with van der Waals surface area (Å²) < 4.78 is 0. The van der Waals surface area contributed by atoms with Crippen molar-refractivity contribution in [1.29, 1.82) is 0 Å². The first-order chi connectivity index (χ1) is 8.09. The van der Waals surface area contributed by atoms with Crippen molar-refractivity contribution in [2.75, 3.05) is 18.9 Å². The molecule has 5 nitrogen and oxygen atoms in total. The molecular weight excluding hydrogens is 238 g/mol. The lowest BCUT2D eigenvalue weighted by Crippen LogP contribution is -2.36. The van der Waals surface area contributed by atoms with Gasteiger partial charge in [0.2, 0.25) is 0 Å². The van der Waals surface area contributed by atoms with Crippen LogP contribution in [0.2, 0.25) is 0 Å². The standard InChI is InChI=1S/C11H17N3O2S/c1-7(14(2)8-3-4-8)5-12-10-9(11(15)16)13-6-17-10/h6-8,12H,3-5H2,1-2H3,(H,15,16). The van der Waals surface area contributed by atoms with E-state index in [9.17, 15) is 4.79 Å². The monoisotopic (exact) mass is 255 g/mol. The number of nitrogens with one attached hydrogen (secondary N) is 1. The van der Waals surface area contributed by atoms with Gasteiger partial charge in [-0.25, -0.2) is 9.78 Å². The van der Waals surface area contributed by atoms with E-state index in [1.165, 1.54) is 24.2 Å². The number of rotatable bonds is 6. The molecule has 0 radical (unpaired) electrons. The van der Waals surface area contributed by atoms with Crippen LogP contribution in [-0.4, -0.2) is 46.6 Å². The van der Waals surface area contributed by atoms with E-state index >= 15 is 0 Å². The van der Waals surface area contributed by atoms with Crippen molar-refractivity contribution in [3.63, 3.8) is 0 Å². The average Bonchev–Trinajstić information content (AvgIpc) is 3.03. The van der Waals surface area contributed by atoms with Crippen LogP contribution in [0.5, 0.6) is 0 Å². The molecule has 0 amide bonds. The van der Waals surface area contributed by atoms with Crippen LogP contribution in [0.1, 0.15) is 30.3 Å². The zero-order valence-electron chi connectivity index (χ0n) is 10.0. The van der Waals surface area contributed by atoms with E-state index in [1.807, 2.05) is 0 Å². The first-order valence-corrected chi connectivity index (χ1v) is 6.60. The maximum absolute atomic E-state index is 10.9. The van der Waals surface area contributed by atoms with Gasteiger partial charge in [-0.05, 0) is 26.8 Å². The number of likely N-dealkylation sites (N-methyl/N-ethyl adjacent to an activating group) is 1. The van der Waals surface area contributed by atoms with Crippen molar-refractivity contribution >= 4 is 22.3 Å². The van der Waals surface area contributed by atoms with Crippen molar-refractivity contribution in [1.82, 2.24) is 9.88 Å². The number of nitrogens with zero attached hydrogens (tertiary/aromatic N) is 2. The molecule has 2 rings (SSSR count). The highest BCUT2D eigenvalue weighted by molar-refractivity contribution is 7.14. The summed E-state index contributed by atoms with van der Waals surface area (Å²) in [6, 6.07) is 1.11. The van der Waals surface area contributed by atoms with Crippen molar-refractivity contribution in [3.05, 3.63) is 11.2 Å². The molecular formula is C11H17N3O2S. The molecule has 1 saturated carbocycles. The maximum Gasteiger partial charge on any atom is 0.357 e. The highest BCUT2D eigenvalue weighted by atomic mass is 32.1. The lowest BCUT2D eigenvalue weighted by molar-refractivity contribution is 0.0692. The van der Waals surface area contributed by atoms with Crippen LogP contribution in [0.15, 0.2) is 5.51 Å². The van der Waals surface area contributed by atoms with Gasteiger partial charge in [-0.15, -0.1) is 11.3 Å². The summed E-state index contributed by atoms with van der Waals surface area (Å²) in [5.74, 6) is -0.975. The first-order valence-electron chi connectivity index (χ1n) is 5.72. The van der Waals surface area contributed by atoms with Gasteiger partial charge in [0.15, 0.2) is 5.69 Å². The molecule has 1 aliphatic rings. The number of carboxylic acid groups (broad SMARTS) is 1. The number of aromatic carboxylic acids is 1. The third-order valence-electron chi connectivity index (χ3n) is 3.15. The minimum Gasteiger partial charge on any atom is -0.476 e. The lowest BCUT2D eigenvalue weighted by Gasteiger charge is -2.24. The van der Waals surface area contributed by atoms with E-state index in [2.05, 4.69) is 29.2 Å². The summed E-state index contributed by atoms with van der Waals surface area (Å²) in [6.07, 6.45) is 2.56. The summed E-state index contributed by atoms with van der Waals surface area (Å²) in [4.78, 5) is 17.0. The minimum absolute atomic E-state index is 0.122. The van der Waals surface area contributed by atoms with E-state index in [0.29, 0.717) is 17.1 Å². The molecule has 0 spiro atoms. The Hall–Kier alpha value is -1.14. The van der Waals surface area contributed by atoms with E-state index in [4.69, 9.17) is 5.11 Å². The number of hydrogen-bond acceptors (Lipinski definition) is 5. The summed E-state index contributed by atoms with van der Waals surface area (Å²) in [7, 11) is 2.12. The number of hydrogen-bond donors (Lipinski definition) is 2. The maximum atomic E-state index is 10.9. The molecule has 6 heteroatoms. The molecule has 1 aromatic rings. The summed E-state index contributed by atoms with van der Waals surface area (Å²) in [5.41, 5.74) is 1.68. The van der Waals surface area contributed by atoms with Crippen LogP contribution in [0.3, 0.4) is 0 Å². The third-order valence-corrected chi connectivity index (χ3v) is 3.93. The molecule has 0 aromatic carbocycles. The quantitative estimate of drug-likeness (QED) is 0.810. The van der Waals surface area contributed by atoms with Gasteiger partial charge in [0.05, 0.1) is 5.51 Å². The Morgan fingerprint density at radius 3 is 3.06 bits per heavy atom. The molecule has 0 saturated heterocycles. The summed E-state index contributed by atoms with van der Waals surface area (Å²) in [6.45, 7) is 2.89. The fraction of sp³-hybridized carbons (Fsp3) is 0.636. The van der Waals surface area contributed by atoms with Crippen LogP contribution < -0.4 is 5.32 Å². The number of carboxylic acids is 1. The van der Waals surface area contributed by atoms with Gasteiger partial charge in [-0.1, -0.05) is 0 Å². The second-order valence-electron chi connectivity index (χ2n) is 4.46. The van der Waals surface area contributed by atoms with Gasteiger partial charge < -0.3 is 10.4 Å². The second kappa shape index (κ2) is 5.01. The molecule has 1 aromatic heterocycles. The van der Waals surface area contributed by atoms with Crippen molar-refractivity contribution < 1.29 is 9.90 Å². The van der Waals surface area contributed by atoms with Gasteiger partial charge in [0, 0.05) is 18.6 Å². The molecule has 1 unspecified atom stereocenters. The van der Waals surface area contributed by atoms with Crippen LogP contribution in [0.25, 0.3) is 0 Å². The molecule has 1 heterocycles. The Balaban J connectivity index is 1.88. The Labute approximate surface area is 104 Å². The smallest absolute Gasteiger partial charge is 0.357 e. The van der Waals surface area contributed by atoms with Crippen molar-refractivity contribution in [3.8, 4) is 0 Å². The molecule has 0 aliphatic heterocycles. The zero-order valence-corrected chi connectivity index (χ0v) is 10.8. The predicted molar refractivity (Wildman–Crippen MR) is 67.8 cm³/mol. The van der Waals surface area contributed by atoms with Gasteiger partial charge in [0.25, 0.3) is 0 Å². The normalized spacial score (nSPS) is 17.1. The number of aromatic nitrogens is 1. The van der Waals surface area contributed by atoms with Gasteiger partial charge in [-0.3, -0.25) is 4.90 Å². The highest BCUT2D eigenvalue weighted by Crippen LogP contribution is 2.27. The van der Waals surface area contributed by atoms with Crippen molar-refractivity contribution in [2.24, 2.45) is 0 Å². The number of thiazole rings is 1. The van der Waals surface area contributed by atoms with E-state index in [1.54, 1.807) is 5.51 Å². The Kier molecular flexibility index (Phi) is 3.63. The topological polar surface area (TPSA) is 65.5 Å². The Morgan fingerprint density at radius 2 is 2.47 bits per heavy atom. The molecule has 17 heavy (non-hydrogen) atoms. The first kappa shape index (κ1) is 12.3. The van der Waals surface area contributed by atoms with E-state index < -0.39 is 5.97 Å². The fourth-order valence-electron chi connectivity index (χ4n) is 1.75. The molecule has 1 atom stereocenters. The molecule has 1 aliphatic carbocycles. The fourth-order valence-corrected chi connectivity index (χ4v) is 2.43. The van der Waals surface area contributed by atoms with Gasteiger partial charge in [-0.2, -0.15) is 0 Å². The second-order valence-corrected chi connectivity index (χ2v) is 5.32. The predicted octanol–water partition coefficient (Wildman–Crippen LogP) is 1.74. The molecule has 2 N–H and O–H groups in total. The summed E-state index contributed by atoms with van der Waals surface area (Å²) in [5, 5.41) is 12.7. The lowest BCUT2D eigenvalue weighted by atomic mass is 10.3. The minimum atomic E-state index is -0.975. The van der Waals surface area contributed by atoms with E-state index in [-0.39, 0.29) is 5.69 Å². The van der Waals surface area contributed by atoms with Crippen LogP contribution in [-0.2, 0) is 0 Å². The van der Waals surface area contributed by atoms with Crippen LogP contribution >= 0.6 is 11.3 Å². The van der Waals surface area contributed by atoms with Crippen LogP contribution in [0, 0.1) is 0 Å². The van der Waals surface area contributed by atoms with E-state index in [0.717, 1.165) is 6.54 Å².